The summed E-state index contributed by atoms with van der Waals surface area (Å²) in [5.41, 5.74) is 2.64. The topological polar surface area (TPSA) is 89.6 Å². The average Bonchev–Trinajstić information content (AvgIpc) is 3.01. The average molecular weight is 375 g/mol. The third-order valence-electron chi connectivity index (χ3n) is 8.02. The molecule has 26 heavy (non-hydrogen) atoms. The Morgan fingerprint density at radius 3 is 2.73 bits per heavy atom. The number of allylic oxidation sites excluding steroid dienone is 2. The van der Waals surface area contributed by atoms with Crippen LogP contribution in [0, 0.1) is 22.7 Å². The maximum Gasteiger partial charge on any atom is 0.380 e. The number of rotatable bonds is 2. The van der Waals surface area contributed by atoms with Gasteiger partial charge in [0.1, 0.15) is 11.5 Å². The van der Waals surface area contributed by atoms with E-state index in [2.05, 4.69) is 19.1 Å². The summed E-state index contributed by atoms with van der Waals surface area (Å²) in [7, 11) is -4.09. The second kappa shape index (κ2) is 5.04. The van der Waals surface area contributed by atoms with E-state index in [4.69, 9.17) is 9.32 Å². The van der Waals surface area contributed by atoms with E-state index in [1.165, 1.54) is 25.3 Å². The Kier molecular flexibility index (Phi) is 3.23. The lowest BCUT2D eigenvalue weighted by atomic mass is 9.48. The van der Waals surface area contributed by atoms with E-state index in [0.717, 1.165) is 30.4 Å². The first-order chi connectivity index (χ1) is 12.2. The van der Waals surface area contributed by atoms with Crippen LogP contribution in [0.3, 0.4) is 0 Å². The molecular formula is C20H25NO4S. The van der Waals surface area contributed by atoms with Gasteiger partial charge in [-0.1, -0.05) is 19.1 Å². The highest BCUT2D eigenvalue weighted by molar-refractivity contribution is 7.84. The standard InChI is InChI=1S/C20H25NO4S/c1-19-7-6-15-16(20(19)8-4-13(19)5-9-20)3-2-12-10-14(25-26(21,23)24)11-17(22)18(12)15/h4,8,10-11,13,15-16,22H,2-3,5-7,9H2,1H3,(H2,21,23,24)/t13-,15?,16?,19+,20-/m0/s1. The van der Waals surface area contributed by atoms with Gasteiger partial charge in [0.2, 0.25) is 0 Å². The fourth-order valence-corrected chi connectivity index (χ4v) is 7.35. The Balaban J connectivity index is 1.57. The van der Waals surface area contributed by atoms with Crippen molar-refractivity contribution in [2.45, 2.75) is 51.4 Å². The molecule has 5 rings (SSSR count). The second-order valence-electron chi connectivity index (χ2n) is 8.84. The molecule has 4 aliphatic carbocycles. The zero-order valence-electron chi connectivity index (χ0n) is 14.9. The van der Waals surface area contributed by atoms with Crippen molar-refractivity contribution in [1.82, 2.24) is 0 Å². The lowest BCUT2D eigenvalue weighted by Crippen LogP contribution is -2.47. The minimum Gasteiger partial charge on any atom is -0.508 e. The number of fused-ring (bicyclic) bond motifs is 3. The van der Waals surface area contributed by atoms with Gasteiger partial charge in [0, 0.05) is 11.6 Å². The molecule has 0 saturated heterocycles. The quantitative estimate of drug-likeness (QED) is 0.776. The van der Waals surface area contributed by atoms with Crippen molar-refractivity contribution in [3.63, 3.8) is 0 Å². The molecule has 140 valence electrons. The van der Waals surface area contributed by atoms with Crippen LogP contribution in [0.15, 0.2) is 24.3 Å². The van der Waals surface area contributed by atoms with E-state index in [9.17, 15) is 13.5 Å². The lowest BCUT2D eigenvalue weighted by molar-refractivity contribution is -0.00914. The molecule has 0 aromatic heterocycles. The van der Waals surface area contributed by atoms with Crippen molar-refractivity contribution in [3.8, 4) is 11.5 Å². The highest BCUT2D eigenvalue weighted by atomic mass is 32.2. The molecule has 0 aliphatic heterocycles. The summed E-state index contributed by atoms with van der Waals surface area (Å²) < 4.78 is 27.2. The fraction of sp³-hybridized carbons (Fsp3) is 0.600. The molecule has 0 amide bonds. The Labute approximate surface area is 154 Å². The van der Waals surface area contributed by atoms with Gasteiger partial charge < -0.3 is 9.29 Å². The summed E-state index contributed by atoms with van der Waals surface area (Å²) in [5, 5.41) is 15.7. The highest BCUT2D eigenvalue weighted by Crippen LogP contribution is 2.74. The van der Waals surface area contributed by atoms with Crippen molar-refractivity contribution in [1.29, 1.82) is 0 Å². The third kappa shape index (κ3) is 2.03. The minimum atomic E-state index is -4.09. The number of aryl methyl sites for hydroxylation is 1. The lowest BCUT2D eigenvalue weighted by Gasteiger charge is -2.55. The van der Waals surface area contributed by atoms with Crippen LogP contribution >= 0.6 is 0 Å². The summed E-state index contributed by atoms with van der Waals surface area (Å²) in [6, 6.07) is 3.14. The summed E-state index contributed by atoms with van der Waals surface area (Å²) in [6.45, 7) is 2.47. The Morgan fingerprint density at radius 2 is 2.04 bits per heavy atom. The summed E-state index contributed by atoms with van der Waals surface area (Å²) in [6.07, 6.45) is 11.7. The van der Waals surface area contributed by atoms with Crippen molar-refractivity contribution < 1.29 is 17.7 Å². The first-order valence-electron chi connectivity index (χ1n) is 9.51. The van der Waals surface area contributed by atoms with Crippen LogP contribution in [0.25, 0.3) is 0 Å². The normalized spacial score (nSPS) is 40.0. The molecular weight excluding hydrogens is 350 g/mol. The molecule has 2 bridgehead atoms. The molecule has 0 radical (unpaired) electrons. The first-order valence-corrected chi connectivity index (χ1v) is 11.0. The van der Waals surface area contributed by atoms with Gasteiger partial charge in [0.25, 0.3) is 0 Å². The predicted octanol–water partition coefficient (Wildman–Crippen LogP) is 3.39. The third-order valence-corrected chi connectivity index (χ3v) is 8.45. The van der Waals surface area contributed by atoms with Gasteiger partial charge in [0.05, 0.1) is 0 Å². The summed E-state index contributed by atoms with van der Waals surface area (Å²) >= 11 is 0. The molecule has 3 N–H and O–H groups in total. The largest absolute Gasteiger partial charge is 0.508 e. The zero-order chi connectivity index (χ0) is 18.3. The van der Waals surface area contributed by atoms with E-state index in [1.807, 2.05) is 0 Å². The monoisotopic (exact) mass is 375 g/mol. The first kappa shape index (κ1) is 16.6. The van der Waals surface area contributed by atoms with Crippen molar-refractivity contribution >= 4 is 10.3 Å². The van der Waals surface area contributed by atoms with E-state index in [-0.39, 0.29) is 16.9 Å². The van der Waals surface area contributed by atoms with Crippen LogP contribution in [0.4, 0.5) is 0 Å². The highest BCUT2D eigenvalue weighted by Gasteiger charge is 2.65. The number of phenolic OH excluding ortho intramolecular Hbond substituents is 1. The van der Waals surface area contributed by atoms with E-state index in [1.54, 1.807) is 6.07 Å². The second-order valence-corrected chi connectivity index (χ2v) is 10.00. The number of benzene rings is 1. The molecule has 0 spiro atoms. The van der Waals surface area contributed by atoms with E-state index >= 15 is 0 Å². The smallest absolute Gasteiger partial charge is 0.380 e. The SMILES string of the molecule is C[C@]12CCC3c4c(O)cc(OS(N)(=O)=O)cc4CCC3[C@@]13C=C[C@H]2CC3. The van der Waals surface area contributed by atoms with Crippen LogP contribution in [-0.4, -0.2) is 13.5 Å². The predicted molar refractivity (Wildman–Crippen MR) is 98.0 cm³/mol. The molecule has 6 heteroatoms. The Morgan fingerprint density at radius 1 is 1.23 bits per heavy atom. The molecule has 2 fully saturated rings. The number of phenols is 1. The van der Waals surface area contributed by atoms with Crippen LogP contribution in [-0.2, 0) is 16.7 Å². The van der Waals surface area contributed by atoms with Crippen LogP contribution < -0.4 is 9.32 Å². The molecule has 2 saturated carbocycles. The molecule has 1 aromatic rings. The van der Waals surface area contributed by atoms with Crippen LogP contribution in [0.1, 0.15) is 56.1 Å². The van der Waals surface area contributed by atoms with Crippen LogP contribution in [0.5, 0.6) is 11.5 Å². The molecule has 5 nitrogen and oxygen atoms in total. The Hall–Kier alpha value is -1.53. The number of hydrogen-bond acceptors (Lipinski definition) is 4. The van der Waals surface area contributed by atoms with E-state index < -0.39 is 10.3 Å². The number of nitrogens with two attached hydrogens (primary N) is 1. The van der Waals surface area contributed by atoms with Gasteiger partial charge in [0.15, 0.2) is 0 Å². The number of hydrogen-bond donors (Lipinski definition) is 2. The number of aromatic hydroxyl groups is 1. The van der Waals surface area contributed by atoms with Gasteiger partial charge in [-0.3, -0.25) is 0 Å². The van der Waals surface area contributed by atoms with Gasteiger partial charge in [-0.25, -0.2) is 0 Å². The van der Waals surface area contributed by atoms with Gasteiger partial charge >= 0.3 is 10.3 Å². The van der Waals surface area contributed by atoms with Crippen LogP contribution in [0.2, 0.25) is 0 Å². The van der Waals surface area contributed by atoms with Gasteiger partial charge in [-0.15, -0.1) is 0 Å². The zero-order valence-corrected chi connectivity index (χ0v) is 15.8. The van der Waals surface area contributed by atoms with Gasteiger partial charge in [-0.05, 0) is 78.7 Å². The van der Waals surface area contributed by atoms with E-state index in [0.29, 0.717) is 23.2 Å². The molecule has 1 aromatic carbocycles. The minimum absolute atomic E-state index is 0.0997. The Bertz CT molecular complexity index is 924. The summed E-state index contributed by atoms with van der Waals surface area (Å²) in [5.74, 6) is 1.84. The van der Waals surface area contributed by atoms with Crippen molar-refractivity contribution in [2.24, 2.45) is 27.8 Å². The van der Waals surface area contributed by atoms with Gasteiger partial charge in [-0.2, -0.15) is 13.6 Å². The molecule has 2 unspecified atom stereocenters. The molecule has 5 atom stereocenters. The fourth-order valence-electron chi connectivity index (χ4n) is 6.98. The summed E-state index contributed by atoms with van der Waals surface area (Å²) in [4.78, 5) is 0. The maximum atomic E-state index is 11.2. The molecule has 4 aliphatic rings. The maximum absolute atomic E-state index is 11.2. The van der Waals surface area contributed by atoms with Crippen molar-refractivity contribution in [2.75, 3.05) is 0 Å². The van der Waals surface area contributed by atoms with Crippen molar-refractivity contribution in [3.05, 3.63) is 35.4 Å². The molecule has 0 heterocycles.